The lowest BCUT2D eigenvalue weighted by molar-refractivity contribution is -0.119. The largest absolute Gasteiger partial charge is 0.497 e. The summed E-state index contributed by atoms with van der Waals surface area (Å²) in [5.41, 5.74) is 0.714. The highest BCUT2D eigenvalue weighted by atomic mass is 32.2. The van der Waals surface area contributed by atoms with Crippen LogP contribution in [0.15, 0.2) is 53.4 Å². The zero-order valence-electron chi connectivity index (χ0n) is 13.2. The van der Waals surface area contributed by atoms with Gasteiger partial charge in [0.05, 0.1) is 12.7 Å². The zero-order chi connectivity index (χ0) is 18.2. The average Bonchev–Trinajstić information content (AvgIpc) is 2.60. The fourth-order valence-electron chi connectivity index (χ4n) is 1.86. The van der Waals surface area contributed by atoms with E-state index in [1.807, 2.05) is 0 Å². The number of hydrogen-bond donors (Lipinski definition) is 1. The van der Waals surface area contributed by atoms with Crippen LogP contribution in [0.4, 0.5) is 14.5 Å². The molecule has 0 aliphatic rings. The lowest BCUT2D eigenvalue weighted by Crippen LogP contribution is -2.20. The summed E-state index contributed by atoms with van der Waals surface area (Å²) in [6.45, 7) is -0.460. The molecule has 25 heavy (non-hydrogen) atoms. The number of carbonyl (C=O) groups excluding carboxylic acids is 2. The lowest BCUT2D eigenvalue weighted by Gasteiger charge is -2.08. The van der Waals surface area contributed by atoms with Crippen molar-refractivity contribution < 1.29 is 27.8 Å². The second kappa shape index (κ2) is 9.03. The molecule has 2 rings (SSSR count). The number of ether oxygens (including phenoxy) is 2. The Morgan fingerprint density at radius 2 is 1.72 bits per heavy atom. The van der Waals surface area contributed by atoms with E-state index in [-0.39, 0.29) is 5.56 Å². The Morgan fingerprint density at radius 3 is 2.28 bits per heavy atom. The number of benzene rings is 2. The first-order valence-corrected chi connectivity index (χ1v) is 8.02. The monoisotopic (exact) mass is 367 g/mol. The van der Waals surface area contributed by atoms with Gasteiger partial charge >= 0.3 is 5.97 Å². The van der Waals surface area contributed by atoms with Crippen LogP contribution in [-0.2, 0) is 9.53 Å². The SMILES string of the molecule is COc1ccc(NC(=O)COC(=O)c2ccc(SC(F)F)cc2)cc1. The molecule has 0 aromatic heterocycles. The third-order valence-corrected chi connectivity index (χ3v) is 3.75. The molecule has 0 radical (unpaired) electrons. The molecule has 0 aliphatic heterocycles. The lowest BCUT2D eigenvalue weighted by atomic mass is 10.2. The van der Waals surface area contributed by atoms with E-state index in [0.717, 1.165) is 0 Å². The summed E-state index contributed by atoms with van der Waals surface area (Å²) in [5.74, 6) is -3.08. The van der Waals surface area contributed by atoms with Gasteiger partial charge in [-0.15, -0.1) is 0 Å². The molecule has 0 saturated heterocycles. The maximum atomic E-state index is 12.2. The van der Waals surface area contributed by atoms with E-state index in [0.29, 0.717) is 28.1 Å². The summed E-state index contributed by atoms with van der Waals surface area (Å²) >= 11 is 0.382. The van der Waals surface area contributed by atoms with E-state index in [2.05, 4.69) is 5.32 Å². The van der Waals surface area contributed by atoms with Crippen molar-refractivity contribution in [2.75, 3.05) is 19.0 Å². The minimum Gasteiger partial charge on any atom is -0.497 e. The number of esters is 1. The summed E-state index contributed by atoms with van der Waals surface area (Å²) < 4.78 is 34.4. The Labute approximate surface area is 147 Å². The molecule has 0 heterocycles. The molecule has 2 aromatic rings. The summed E-state index contributed by atoms with van der Waals surface area (Å²) in [4.78, 5) is 24.0. The quantitative estimate of drug-likeness (QED) is 0.596. The number of nitrogens with one attached hydrogen (secondary N) is 1. The molecule has 0 fully saturated rings. The molecule has 0 spiro atoms. The average molecular weight is 367 g/mol. The van der Waals surface area contributed by atoms with Crippen molar-refractivity contribution in [1.82, 2.24) is 0 Å². The molecule has 0 saturated carbocycles. The van der Waals surface area contributed by atoms with Crippen LogP contribution in [-0.4, -0.2) is 31.4 Å². The summed E-state index contributed by atoms with van der Waals surface area (Å²) in [6, 6.07) is 12.2. The van der Waals surface area contributed by atoms with E-state index < -0.39 is 24.2 Å². The number of methoxy groups -OCH3 is 1. The molecule has 132 valence electrons. The van der Waals surface area contributed by atoms with Crippen LogP contribution < -0.4 is 10.1 Å². The second-order valence-electron chi connectivity index (χ2n) is 4.76. The van der Waals surface area contributed by atoms with Crippen LogP contribution in [0, 0.1) is 0 Å². The first-order valence-electron chi connectivity index (χ1n) is 7.14. The first kappa shape index (κ1) is 18.7. The molecule has 0 atom stereocenters. The maximum absolute atomic E-state index is 12.2. The fraction of sp³-hybridized carbons (Fsp3) is 0.176. The van der Waals surface area contributed by atoms with Crippen LogP contribution in [0.2, 0.25) is 0 Å². The Kier molecular flexibility index (Phi) is 6.76. The van der Waals surface area contributed by atoms with Gasteiger partial charge in [0.2, 0.25) is 0 Å². The van der Waals surface area contributed by atoms with Crippen molar-refractivity contribution in [2.24, 2.45) is 0 Å². The molecule has 0 unspecified atom stereocenters. The van der Waals surface area contributed by atoms with Gasteiger partial charge in [-0.3, -0.25) is 4.79 Å². The Hall–Kier alpha value is -2.61. The van der Waals surface area contributed by atoms with Crippen molar-refractivity contribution in [2.45, 2.75) is 10.7 Å². The number of halogens is 2. The van der Waals surface area contributed by atoms with Gasteiger partial charge in [-0.25, -0.2) is 4.79 Å². The third-order valence-electron chi connectivity index (χ3n) is 3.02. The van der Waals surface area contributed by atoms with Crippen LogP contribution in [0.25, 0.3) is 0 Å². The smallest absolute Gasteiger partial charge is 0.338 e. The van der Waals surface area contributed by atoms with Crippen LogP contribution in [0.3, 0.4) is 0 Å². The fourth-order valence-corrected chi connectivity index (χ4v) is 2.36. The van der Waals surface area contributed by atoms with Crippen molar-refractivity contribution in [1.29, 1.82) is 0 Å². The molecule has 1 N–H and O–H groups in total. The van der Waals surface area contributed by atoms with Gasteiger partial charge in [-0.05, 0) is 48.5 Å². The first-order chi connectivity index (χ1) is 12.0. The Morgan fingerprint density at radius 1 is 1.08 bits per heavy atom. The third kappa shape index (κ3) is 6.07. The van der Waals surface area contributed by atoms with Crippen molar-refractivity contribution in [3.05, 3.63) is 54.1 Å². The Balaban J connectivity index is 1.83. The van der Waals surface area contributed by atoms with Crippen molar-refractivity contribution in [3.8, 4) is 5.75 Å². The highest BCUT2D eigenvalue weighted by Gasteiger charge is 2.12. The number of hydrogen-bond acceptors (Lipinski definition) is 5. The number of rotatable bonds is 7. The molecular formula is C17H15F2NO4S. The molecule has 0 aliphatic carbocycles. The minimum atomic E-state index is -2.53. The standard InChI is InChI=1S/C17H15F2NO4S/c1-23-13-6-4-12(5-7-13)20-15(21)10-24-16(22)11-2-8-14(9-3-11)25-17(18)19/h2-9,17H,10H2,1H3,(H,20,21). The number of thioether (sulfide) groups is 1. The minimum absolute atomic E-state index is 0.177. The maximum Gasteiger partial charge on any atom is 0.338 e. The molecule has 8 heteroatoms. The number of anilines is 1. The van der Waals surface area contributed by atoms with E-state index in [1.165, 1.54) is 31.4 Å². The van der Waals surface area contributed by atoms with E-state index >= 15 is 0 Å². The zero-order valence-corrected chi connectivity index (χ0v) is 14.0. The topological polar surface area (TPSA) is 64.6 Å². The van der Waals surface area contributed by atoms with Gasteiger partial charge in [0.15, 0.2) is 6.61 Å². The predicted molar refractivity (Wildman–Crippen MR) is 90.2 cm³/mol. The van der Waals surface area contributed by atoms with Gasteiger partial charge < -0.3 is 14.8 Å². The van der Waals surface area contributed by atoms with Crippen LogP contribution in [0.5, 0.6) is 5.75 Å². The summed E-state index contributed by atoms with van der Waals surface area (Å²) in [7, 11) is 1.53. The van der Waals surface area contributed by atoms with Crippen LogP contribution in [0.1, 0.15) is 10.4 Å². The van der Waals surface area contributed by atoms with E-state index in [9.17, 15) is 18.4 Å². The highest BCUT2D eigenvalue weighted by Crippen LogP contribution is 2.25. The summed E-state index contributed by atoms with van der Waals surface area (Å²) in [6.07, 6.45) is 0. The van der Waals surface area contributed by atoms with Gasteiger partial charge in [-0.2, -0.15) is 8.78 Å². The molecule has 0 bridgehead atoms. The predicted octanol–water partition coefficient (Wildman–Crippen LogP) is 3.81. The van der Waals surface area contributed by atoms with E-state index in [1.54, 1.807) is 24.3 Å². The molecule has 2 aromatic carbocycles. The van der Waals surface area contributed by atoms with Gasteiger partial charge in [0.1, 0.15) is 5.75 Å². The number of amides is 1. The normalized spacial score (nSPS) is 10.4. The second-order valence-corrected chi connectivity index (χ2v) is 5.82. The van der Waals surface area contributed by atoms with Crippen molar-refractivity contribution in [3.63, 3.8) is 0 Å². The molecular weight excluding hydrogens is 352 g/mol. The van der Waals surface area contributed by atoms with E-state index in [4.69, 9.17) is 9.47 Å². The van der Waals surface area contributed by atoms with Gasteiger partial charge in [0, 0.05) is 10.6 Å². The van der Waals surface area contributed by atoms with Gasteiger partial charge in [0.25, 0.3) is 11.7 Å². The molecule has 5 nitrogen and oxygen atoms in total. The number of alkyl halides is 2. The number of carbonyl (C=O) groups is 2. The van der Waals surface area contributed by atoms with Gasteiger partial charge in [-0.1, -0.05) is 11.8 Å². The van der Waals surface area contributed by atoms with Crippen molar-refractivity contribution >= 4 is 29.3 Å². The molecule has 1 amide bonds. The Bertz CT molecular complexity index is 720. The highest BCUT2D eigenvalue weighted by molar-refractivity contribution is 7.99. The summed E-state index contributed by atoms with van der Waals surface area (Å²) in [5, 5.41) is 2.57. The van der Waals surface area contributed by atoms with Crippen LogP contribution >= 0.6 is 11.8 Å².